The molecule has 1 N–H and O–H groups in total. The van der Waals surface area contributed by atoms with Crippen LogP contribution in [0.2, 0.25) is 0 Å². The molecule has 0 bridgehead atoms. The highest BCUT2D eigenvalue weighted by atomic mass is 79.9. The lowest BCUT2D eigenvalue weighted by atomic mass is 10.2. The van der Waals surface area contributed by atoms with Gasteiger partial charge in [0.05, 0.1) is 0 Å². The average molecular weight is 318 g/mol. The lowest BCUT2D eigenvalue weighted by Crippen LogP contribution is -2.15. The molecular formula is C13H14BrF2NO. The predicted octanol–water partition coefficient (Wildman–Crippen LogP) is 3.55. The van der Waals surface area contributed by atoms with Crippen LogP contribution >= 0.6 is 15.9 Å². The SMILES string of the molecule is CC#CCCNCc1cc(Br)ccc1OC(F)F. The summed E-state index contributed by atoms with van der Waals surface area (Å²) >= 11 is 3.30. The first kappa shape index (κ1) is 14.9. The molecule has 0 aliphatic carbocycles. The second kappa shape index (κ2) is 8.06. The van der Waals surface area contributed by atoms with Crippen LogP contribution in [0.15, 0.2) is 22.7 Å². The monoisotopic (exact) mass is 317 g/mol. The Morgan fingerprint density at radius 2 is 2.22 bits per heavy atom. The Kier molecular flexibility index (Phi) is 6.69. The molecule has 0 aliphatic rings. The molecule has 0 unspecified atom stereocenters. The van der Waals surface area contributed by atoms with Gasteiger partial charge >= 0.3 is 6.61 Å². The summed E-state index contributed by atoms with van der Waals surface area (Å²) in [7, 11) is 0. The molecule has 0 aromatic heterocycles. The molecule has 0 heterocycles. The third kappa shape index (κ3) is 5.48. The Morgan fingerprint density at radius 3 is 2.89 bits per heavy atom. The van der Waals surface area contributed by atoms with Gasteiger partial charge in [-0.05, 0) is 25.1 Å². The molecule has 0 saturated heterocycles. The Labute approximate surface area is 114 Å². The predicted molar refractivity (Wildman–Crippen MR) is 70.5 cm³/mol. The van der Waals surface area contributed by atoms with Crippen LogP contribution in [-0.2, 0) is 6.54 Å². The van der Waals surface area contributed by atoms with E-state index in [1.165, 1.54) is 6.07 Å². The summed E-state index contributed by atoms with van der Waals surface area (Å²) in [6.07, 6.45) is 0.732. The number of alkyl halides is 2. The largest absolute Gasteiger partial charge is 0.434 e. The van der Waals surface area contributed by atoms with Crippen molar-refractivity contribution in [1.29, 1.82) is 0 Å². The first-order valence-electron chi connectivity index (χ1n) is 5.47. The maximum Gasteiger partial charge on any atom is 0.387 e. The summed E-state index contributed by atoms with van der Waals surface area (Å²) in [5.74, 6) is 5.91. The fraction of sp³-hybridized carbons (Fsp3) is 0.385. The molecule has 0 spiro atoms. The van der Waals surface area contributed by atoms with Crippen molar-refractivity contribution >= 4 is 15.9 Å². The number of ether oxygens (including phenoxy) is 1. The summed E-state index contributed by atoms with van der Waals surface area (Å²) < 4.78 is 29.7. The molecule has 18 heavy (non-hydrogen) atoms. The molecule has 0 radical (unpaired) electrons. The number of rotatable bonds is 6. The van der Waals surface area contributed by atoms with Crippen molar-refractivity contribution in [2.75, 3.05) is 6.54 Å². The highest BCUT2D eigenvalue weighted by molar-refractivity contribution is 9.10. The molecule has 2 nitrogen and oxygen atoms in total. The zero-order valence-electron chi connectivity index (χ0n) is 9.97. The van der Waals surface area contributed by atoms with Gasteiger partial charge in [0.15, 0.2) is 0 Å². The molecule has 1 rings (SSSR count). The quantitative estimate of drug-likeness (QED) is 0.640. The third-order valence-corrected chi connectivity index (χ3v) is 2.65. The Morgan fingerprint density at radius 1 is 1.44 bits per heavy atom. The van der Waals surface area contributed by atoms with Gasteiger partial charge in [0.1, 0.15) is 5.75 Å². The highest BCUT2D eigenvalue weighted by Crippen LogP contribution is 2.24. The molecule has 0 fully saturated rings. The molecule has 0 atom stereocenters. The van der Waals surface area contributed by atoms with Gasteiger partial charge in [0.2, 0.25) is 0 Å². The van der Waals surface area contributed by atoms with Gasteiger partial charge in [-0.15, -0.1) is 11.8 Å². The van der Waals surface area contributed by atoms with E-state index in [4.69, 9.17) is 0 Å². The summed E-state index contributed by atoms with van der Waals surface area (Å²) in [5.41, 5.74) is 0.689. The zero-order chi connectivity index (χ0) is 13.4. The van der Waals surface area contributed by atoms with E-state index in [9.17, 15) is 8.78 Å². The fourth-order valence-corrected chi connectivity index (χ4v) is 1.80. The molecule has 5 heteroatoms. The minimum atomic E-state index is -2.81. The number of nitrogens with one attached hydrogen (secondary N) is 1. The second-order valence-corrected chi connectivity index (χ2v) is 4.40. The molecule has 0 amide bonds. The summed E-state index contributed by atoms with van der Waals surface area (Å²) in [6.45, 7) is 0.146. The van der Waals surface area contributed by atoms with Gasteiger partial charge in [-0.25, -0.2) is 0 Å². The number of hydrogen-bond donors (Lipinski definition) is 1. The van der Waals surface area contributed by atoms with Crippen LogP contribution in [0, 0.1) is 11.8 Å². The smallest absolute Gasteiger partial charge is 0.387 e. The number of hydrogen-bond acceptors (Lipinski definition) is 2. The normalized spacial score (nSPS) is 10.1. The lowest BCUT2D eigenvalue weighted by molar-refractivity contribution is -0.0505. The highest BCUT2D eigenvalue weighted by Gasteiger charge is 2.09. The van der Waals surface area contributed by atoms with Crippen molar-refractivity contribution in [2.24, 2.45) is 0 Å². The van der Waals surface area contributed by atoms with Gasteiger partial charge in [-0.3, -0.25) is 0 Å². The average Bonchev–Trinajstić information content (AvgIpc) is 2.31. The Bertz CT molecular complexity index is 440. The summed E-state index contributed by atoms with van der Waals surface area (Å²) in [5, 5.41) is 3.13. The molecule has 1 aromatic rings. The van der Waals surface area contributed by atoms with E-state index in [2.05, 4.69) is 37.8 Å². The zero-order valence-corrected chi connectivity index (χ0v) is 11.6. The van der Waals surface area contributed by atoms with Crippen molar-refractivity contribution in [3.8, 4) is 17.6 Å². The standard InChI is InChI=1S/C13H14BrF2NO/c1-2-3-4-7-17-9-10-8-11(14)5-6-12(10)18-13(15)16/h5-6,8,13,17H,4,7,9H2,1H3. The van der Waals surface area contributed by atoms with Gasteiger partial charge in [-0.1, -0.05) is 15.9 Å². The van der Waals surface area contributed by atoms with Gasteiger partial charge in [0, 0.05) is 29.5 Å². The Balaban J connectivity index is 2.60. The molecule has 0 saturated carbocycles. The van der Waals surface area contributed by atoms with Crippen LogP contribution in [-0.4, -0.2) is 13.2 Å². The fourth-order valence-electron chi connectivity index (χ4n) is 1.40. The first-order chi connectivity index (χ1) is 8.63. The van der Waals surface area contributed by atoms with E-state index in [-0.39, 0.29) is 5.75 Å². The van der Waals surface area contributed by atoms with Crippen LogP contribution in [0.3, 0.4) is 0 Å². The van der Waals surface area contributed by atoms with Crippen molar-refractivity contribution in [1.82, 2.24) is 5.32 Å². The second-order valence-electron chi connectivity index (χ2n) is 3.48. The van der Waals surface area contributed by atoms with Crippen molar-refractivity contribution < 1.29 is 13.5 Å². The number of halogens is 3. The van der Waals surface area contributed by atoms with Crippen molar-refractivity contribution in [3.05, 3.63) is 28.2 Å². The Hall–Kier alpha value is -1.12. The third-order valence-electron chi connectivity index (χ3n) is 2.16. The molecule has 0 aliphatic heterocycles. The van der Waals surface area contributed by atoms with E-state index in [0.29, 0.717) is 18.7 Å². The maximum absolute atomic E-state index is 12.2. The summed E-state index contributed by atoms with van der Waals surface area (Å²) in [6, 6.07) is 4.96. The van der Waals surface area contributed by atoms with E-state index in [1.807, 2.05) is 0 Å². The molecule has 98 valence electrons. The van der Waals surface area contributed by atoms with Crippen LogP contribution in [0.5, 0.6) is 5.75 Å². The van der Waals surface area contributed by atoms with Gasteiger partial charge < -0.3 is 10.1 Å². The minimum absolute atomic E-state index is 0.197. The number of benzene rings is 1. The van der Waals surface area contributed by atoms with E-state index < -0.39 is 6.61 Å². The van der Waals surface area contributed by atoms with Gasteiger partial charge in [-0.2, -0.15) is 8.78 Å². The van der Waals surface area contributed by atoms with Gasteiger partial charge in [0.25, 0.3) is 0 Å². The van der Waals surface area contributed by atoms with E-state index >= 15 is 0 Å². The first-order valence-corrected chi connectivity index (χ1v) is 6.26. The van der Waals surface area contributed by atoms with E-state index in [0.717, 1.165) is 10.9 Å². The van der Waals surface area contributed by atoms with Crippen LogP contribution in [0.25, 0.3) is 0 Å². The molecule has 1 aromatic carbocycles. The van der Waals surface area contributed by atoms with Crippen LogP contribution in [0.4, 0.5) is 8.78 Å². The van der Waals surface area contributed by atoms with Crippen molar-refractivity contribution in [2.45, 2.75) is 26.5 Å². The van der Waals surface area contributed by atoms with E-state index in [1.54, 1.807) is 19.1 Å². The minimum Gasteiger partial charge on any atom is -0.434 e. The topological polar surface area (TPSA) is 21.3 Å². The lowest BCUT2D eigenvalue weighted by Gasteiger charge is -2.11. The van der Waals surface area contributed by atoms with Crippen LogP contribution in [0.1, 0.15) is 18.9 Å². The molecular weight excluding hydrogens is 304 g/mol. The maximum atomic E-state index is 12.2. The van der Waals surface area contributed by atoms with Crippen molar-refractivity contribution in [3.63, 3.8) is 0 Å². The summed E-state index contributed by atoms with van der Waals surface area (Å²) in [4.78, 5) is 0. The van der Waals surface area contributed by atoms with Crippen LogP contribution < -0.4 is 10.1 Å².